The Hall–Kier alpha value is -3.16. The lowest BCUT2D eigenvalue weighted by atomic mass is 9.97. The van der Waals surface area contributed by atoms with Crippen LogP contribution in [0.2, 0.25) is 0 Å². The quantitative estimate of drug-likeness (QED) is 0.459. The van der Waals surface area contributed by atoms with Gasteiger partial charge in [-0.05, 0) is 54.8 Å². The van der Waals surface area contributed by atoms with Gasteiger partial charge in [-0.3, -0.25) is 4.79 Å². The molecule has 5 rings (SSSR count). The number of benzene rings is 3. The van der Waals surface area contributed by atoms with Crippen molar-refractivity contribution >= 4 is 37.7 Å². The van der Waals surface area contributed by atoms with Crippen LogP contribution < -0.4 is 5.32 Å². The Balaban J connectivity index is 1.22. The number of fused-ring (bicyclic) bond motifs is 2. The summed E-state index contributed by atoms with van der Waals surface area (Å²) in [6, 6.07) is 22.3. The van der Waals surface area contributed by atoms with Gasteiger partial charge in [0, 0.05) is 24.4 Å². The number of piperidine rings is 1. The fourth-order valence-electron chi connectivity index (χ4n) is 4.45. The Kier molecular flexibility index (Phi) is 5.68. The summed E-state index contributed by atoms with van der Waals surface area (Å²) in [6.07, 6.45) is 0.983. The van der Waals surface area contributed by atoms with Crippen LogP contribution in [0.5, 0.6) is 0 Å². The van der Waals surface area contributed by atoms with Crippen LogP contribution >= 0.6 is 0 Å². The van der Waals surface area contributed by atoms with Crippen LogP contribution in [-0.4, -0.2) is 31.7 Å². The molecule has 1 aliphatic heterocycles. The normalized spacial score (nSPS) is 16.8. The number of furan rings is 1. The van der Waals surface area contributed by atoms with Gasteiger partial charge in [0.25, 0.3) is 0 Å². The summed E-state index contributed by atoms with van der Waals surface area (Å²) in [5.74, 6) is 0.423. The minimum absolute atomic E-state index is 0.0642. The van der Waals surface area contributed by atoms with Gasteiger partial charge < -0.3 is 9.73 Å². The van der Waals surface area contributed by atoms with Crippen molar-refractivity contribution in [3.63, 3.8) is 0 Å². The van der Waals surface area contributed by atoms with Crippen molar-refractivity contribution in [1.82, 2.24) is 9.62 Å². The van der Waals surface area contributed by atoms with Crippen LogP contribution in [0.15, 0.2) is 82.1 Å². The summed E-state index contributed by atoms with van der Waals surface area (Å²) in [6.45, 7) is 2.55. The molecule has 33 heavy (non-hydrogen) atoms. The van der Waals surface area contributed by atoms with Crippen molar-refractivity contribution in [2.24, 2.45) is 5.92 Å². The van der Waals surface area contributed by atoms with E-state index in [2.05, 4.69) is 5.32 Å². The van der Waals surface area contributed by atoms with E-state index in [0.717, 1.165) is 21.7 Å². The van der Waals surface area contributed by atoms with Crippen molar-refractivity contribution in [1.29, 1.82) is 0 Å². The van der Waals surface area contributed by atoms with Crippen molar-refractivity contribution < 1.29 is 17.6 Å². The van der Waals surface area contributed by atoms with Gasteiger partial charge >= 0.3 is 0 Å². The second-order valence-electron chi connectivity index (χ2n) is 8.60. The maximum atomic E-state index is 13.2. The van der Waals surface area contributed by atoms with Crippen LogP contribution in [0.3, 0.4) is 0 Å². The zero-order valence-corrected chi connectivity index (χ0v) is 19.2. The molecular formula is C26H26N2O4S. The van der Waals surface area contributed by atoms with Gasteiger partial charge in [0.15, 0.2) is 0 Å². The molecule has 4 aromatic rings. The number of para-hydroxylation sites is 1. The molecule has 1 amide bonds. The van der Waals surface area contributed by atoms with E-state index < -0.39 is 10.0 Å². The maximum Gasteiger partial charge on any atom is 0.243 e. The molecule has 170 valence electrons. The molecule has 1 fully saturated rings. The van der Waals surface area contributed by atoms with Crippen molar-refractivity contribution in [3.8, 4) is 0 Å². The third-order valence-corrected chi connectivity index (χ3v) is 8.31. The van der Waals surface area contributed by atoms with E-state index in [1.807, 2.05) is 67.6 Å². The average molecular weight is 463 g/mol. The highest BCUT2D eigenvalue weighted by atomic mass is 32.2. The summed E-state index contributed by atoms with van der Waals surface area (Å²) in [4.78, 5) is 13.1. The molecule has 0 aliphatic carbocycles. The molecule has 1 aliphatic rings. The summed E-state index contributed by atoms with van der Waals surface area (Å²) < 4.78 is 33.7. The minimum atomic E-state index is -3.60. The molecule has 1 unspecified atom stereocenters. The van der Waals surface area contributed by atoms with Crippen LogP contribution in [0.1, 0.15) is 31.6 Å². The smallest absolute Gasteiger partial charge is 0.243 e. The third-order valence-electron chi connectivity index (χ3n) is 6.41. The summed E-state index contributed by atoms with van der Waals surface area (Å²) >= 11 is 0. The number of hydrogen-bond acceptors (Lipinski definition) is 4. The Morgan fingerprint density at radius 1 is 0.939 bits per heavy atom. The molecule has 6 nitrogen and oxygen atoms in total. The van der Waals surface area contributed by atoms with E-state index in [-0.39, 0.29) is 17.9 Å². The third kappa shape index (κ3) is 4.26. The molecule has 0 spiro atoms. The Bertz CT molecular complexity index is 1390. The van der Waals surface area contributed by atoms with E-state index in [0.29, 0.717) is 36.6 Å². The van der Waals surface area contributed by atoms with Crippen molar-refractivity contribution in [2.45, 2.75) is 30.7 Å². The fourth-order valence-corrected chi connectivity index (χ4v) is 5.96. The predicted octanol–water partition coefficient (Wildman–Crippen LogP) is 4.86. The molecule has 2 heterocycles. The first-order valence-corrected chi connectivity index (χ1v) is 12.6. The standard InChI is InChI=1S/C26H26N2O4S/c1-18(25-17-22-8-4-5-9-24(22)32-25)27-26(29)20-12-14-28(15-13-20)33(30,31)23-11-10-19-6-2-3-7-21(19)16-23/h2-11,16-18,20H,12-15H2,1H3,(H,27,29). The molecule has 1 saturated heterocycles. The second-order valence-corrected chi connectivity index (χ2v) is 10.5. The van der Waals surface area contributed by atoms with Gasteiger partial charge in [0.05, 0.1) is 10.9 Å². The van der Waals surface area contributed by atoms with Crippen LogP contribution in [-0.2, 0) is 14.8 Å². The highest BCUT2D eigenvalue weighted by Crippen LogP contribution is 2.28. The second kappa shape index (κ2) is 8.65. The lowest BCUT2D eigenvalue weighted by molar-refractivity contribution is -0.126. The highest BCUT2D eigenvalue weighted by molar-refractivity contribution is 7.89. The molecule has 1 atom stereocenters. The van der Waals surface area contributed by atoms with E-state index in [1.165, 1.54) is 4.31 Å². The number of hydrogen-bond donors (Lipinski definition) is 1. The SMILES string of the molecule is CC(NC(=O)C1CCN(S(=O)(=O)c2ccc3ccccc3c2)CC1)c1cc2ccccc2o1. The van der Waals surface area contributed by atoms with Gasteiger partial charge in [0.1, 0.15) is 11.3 Å². The van der Waals surface area contributed by atoms with E-state index in [1.54, 1.807) is 12.1 Å². The first-order chi connectivity index (χ1) is 15.9. The van der Waals surface area contributed by atoms with E-state index >= 15 is 0 Å². The van der Waals surface area contributed by atoms with Gasteiger partial charge in [-0.1, -0.05) is 48.5 Å². The van der Waals surface area contributed by atoms with Crippen molar-refractivity contribution in [3.05, 3.63) is 78.6 Å². The van der Waals surface area contributed by atoms with Crippen LogP contribution in [0, 0.1) is 5.92 Å². The number of nitrogens with one attached hydrogen (secondary N) is 1. The lowest BCUT2D eigenvalue weighted by Crippen LogP contribution is -2.43. The Morgan fingerprint density at radius 2 is 1.61 bits per heavy atom. The van der Waals surface area contributed by atoms with Crippen LogP contribution in [0.4, 0.5) is 0 Å². The molecule has 7 heteroatoms. The van der Waals surface area contributed by atoms with Crippen LogP contribution in [0.25, 0.3) is 21.7 Å². The summed E-state index contributed by atoms with van der Waals surface area (Å²) in [5, 5.41) is 5.93. The molecule has 0 radical (unpaired) electrons. The fraction of sp³-hybridized carbons (Fsp3) is 0.269. The van der Waals surface area contributed by atoms with Gasteiger partial charge in [0.2, 0.25) is 15.9 Å². The first-order valence-electron chi connectivity index (χ1n) is 11.2. The van der Waals surface area contributed by atoms with Crippen molar-refractivity contribution in [2.75, 3.05) is 13.1 Å². The van der Waals surface area contributed by atoms with E-state index in [9.17, 15) is 13.2 Å². The lowest BCUT2D eigenvalue weighted by Gasteiger charge is -2.31. The zero-order valence-electron chi connectivity index (χ0n) is 18.4. The maximum absolute atomic E-state index is 13.2. The number of sulfonamides is 1. The number of amides is 1. The monoisotopic (exact) mass is 462 g/mol. The minimum Gasteiger partial charge on any atom is -0.459 e. The summed E-state index contributed by atoms with van der Waals surface area (Å²) in [7, 11) is -3.60. The van der Waals surface area contributed by atoms with E-state index in [4.69, 9.17) is 4.42 Å². The first kappa shape index (κ1) is 21.7. The summed E-state index contributed by atoms with van der Waals surface area (Å²) in [5.41, 5.74) is 0.792. The number of carbonyl (C=O) groups excluding carboxylic acids is 1. The number of nitrogens with zero attached hydrogens (tertiary/aromatic N) is 1. The molecule has 3 aromatic carbocycles. The highest BCUT2D eigenvalue weighted by Gasteiger charge is 2.32. The van der Waals surface area contributed by atoms with Gasteiger partial charge in [-0.15, -0.1) is 0 Å². The Labute approximate surface area is 193 Å². The van der Waals surface area contributed by atoms with Gasteiger partial charge in [-0.25, -0.2) is 8.42 Å². The van der Waals surface area contributed by atoms with Gasteiger partial charge in [-0.2, -0.15) is 4.31 Å². The largest absolute Gasteiger partial charge is 0.459 e. The molecule has 0 saturated carbocycles. The molecule has 1 N–H and O–H groups in total. The molecular weight excluding hydrogens is 436 g/mol. The molecule has 1 aromatic heterocycles. The molecule has 0 bridgehead atoms. The topological polar surface area (TPSA) is 79.6 Å². The average Bonchev–Trinajstić information content (AvgIpc) is 3.28. The Morgan fingerprint density at radius 3 is 2.33 bits per heavy atom. The number of rotatable bonds is 5. The zero-order chi connectivity index (χ0) is 23.0. The predicted molar refractivity (Wildman–Crippen MR) is 128 cm³/mol. The number of carbonyl (C=O) groups is 1.